The summed E-state index contributed by atoms with van der Waals surface area (Å²) in [7, 11) is 0. The fourth-order valence-corrected chi connectivity index (χ4v) is 1.38. The summed E-state index contributed by atoms with van der Waals surface area (Å²) < 4.78 is 24.4. The van der Waals surface area contributed by atoms with Crippen LogP contribution in [-0.4, -0.2) is 25.6 Å². The first kappa shape index (κ1) is 7.70. The zero-order chi connectivity index (χ0) is 12.4. The lowest BCUT2D eigenvalue weighted by Gasteiger charge is -2.09. The molecular formula is C11H13NO3. The molecular weight excluding hydrogens is 194 g/mol. The van der Waals surface area contributed by atoms with E-state index in [4.69, 9.17) is 12.2 Å². The third-order valence-electron chi connectivity index (χ3n) is 2.30. The van der Waals surface area contributed by atoms with Crippen molar-refractivity contribution in [2.75, 3.05) is 13.8 Å². The molecule has 15 heavy (non-hydrogen) atoms. The lowest BCUT2D eigenvalue weighted by molar-refractivity contribution is 0.0954. The summed E-state index contributed by atoms with van der Waals surface area (Å²) >= 11 is 0. The number of fused-ring (bicyclic) bond motifs is 1. The molecule has 0 radical (unpaired) electrons. The van der Waals surface area contributed by atoms with Crippen molar-refractivity contribution in [3.8, 4) is 11.5 Å². The molecule has 0 spiro atoms. The van der Waals surface area contributed by atoms with Crippen LogP contribution in [0.25, 0.3) is 0 Å². The van der Waals surface area contributed by atoms with Crippen LogP contribution in [0.3, 0.4) is 0 Å². The first-order chi connectivity index (χ1) is 8.08. The molecule has 0 aromatic heterocycles. The van der Waals surface area contributed by atoms with Gasteiger partial charge in [0.05, 0.1) is 6.04 Å². The number of hydrogen-bond donors (Lipinski definition) is 1. The molecule has 4 nitrogen and oxygen atoms in total. The lowest BCUT2D eigenvalue weighted by atomic mass is 10.1. The third-order valence-corrected chi connectivity index (χ3v) is 2.30. The average molecular weight is 209 g/mol. The molecule has 0 bridgehead atoms. The van der Waals surface area contributed by atoms with E-state index >= 15 is 0 Å². The van der Waals surface area contributed by atoms with Crippen LogP contribution in [0.1, 0.15) is 20.0 Å². The van der Waals surface area contributed by atoms with Gasteiger partial charge in [-0.05, 0) is 32.1 Å². The Labute approximate surface area is 91.0 Å². The number of carbonyl (C=O) groups excluding carboxylic acids is 1. The van der Waals surface area contributed by atoms with E-state index < -0.39 is 13.0 Å². The molecule has 1 unspecified atom stereocenters. The van der Waals surface area contributed by atoms with Gasteiger partial charge in [0, 0.05) is 8.30 Å². The van der Waals surface area contributed by atoms with Gasteiger partial charge < -0.3 is 14.8 Å². The predicted octanol–water partition coefficient (Wildman–Crippen LogP) is 1.21. The van der Waals surface area contributed by atoms with E-state index in [-0.39, 0.29) is 12.6 Å². The van der Waals surface area contributed by atoms with Crippen molar-refractivity contribution in [1.29, 1.82) is 0 Å². The molecule has 1 aliphatic rings. The highest BCUT2D eigenvalue weighted by molar-refractivity contribution is 6.00. The molecule has 1 aromatic carbocycles. The van der Waals surface area contributed by atoms with E-state index in [2.05, 4.69) is 5.32 Å². The van der Waals surface area contributed by atoms with Crippen molar-refractivity contribution in [3.63, 3.8) is 0 Å². The Morgan fingerprint density at radius 3 is 3.13 bits per heavy atom. The van der Waals surface area contributed by atoms with E-state index in [9.17, 15) is 4.79 Å². The van der Waals surface area contributed by atoms with Gasteiger partial charge in [0.2, 0.25) is 6.79 Å². The summed E-state index contributed by atoms with van der Waals surface area (Å²) in [5.74, 6) is 1.00. The number of ether oxygens (including phenoxy) is 2. The Bertz CT molecular complexity index is 437. The molecule has 0 fully saturated rings. The standard InChI is InChI=1S/C11H13NO3/c1-7(12-2)11(13)8-3-4-9-10(5-8)15-6-14-9/h3-5,7,12H,6H2,1-2H3/i2D2. The fraction of sp³-hybridized carbons (Fsp3) is 0.364. The SMILES string of the molecule is [2H]C([2H])NC(C)C(=O)c1ccc2c(c1)OCO2. The number of benzene rings is 1. The highest BCUT2D eigenvalue weighted by Gasteiger charge is 2.18. The van der Waals surface area contributed by atoms with Gasteiger partial charge >= 0.3 is 0 Å². The molecule has 80 valence electrons. The van der Waals surface area contributed by atoms with E-state index in [1.807, 2.05) is 0 Å². The van der Waals surface area contributed by atoms with Gasteiger partial charge in [0.25, 0.3) is 0 Å². The Hall–Kier alpha value is -1.55. The quantitative estimate of drug-likeness (QED) is 0.760. The Kier molecular flexibility index (Phi) is 2.00. The number of Topliss-reactive ketones (excluding diaryl/α,β-unsaturated/α-hetero) is 1. The molecule has 1 atom stereocenters. The van der Waals surface area contributed by atoms with Gasteiger partial charge in [-0.3, -0.25) is 4.79 Å². The van der Waals surface area contributed by atoms with Gasteiger partial charge in [0.15, 0.2) is 17.3 Å². The predicted molar refractivity (Wildman–Crippen MR) is 55.4 cm³/mol. The summed E-state index contributed by atoms with van der Waals surface area (Å²) in [6, 6.07) is 4.37. The van der Waals surface area contributed by atoms with Crippen LogP contribution in [0.5, 0.6) is 11.5 Å². The summed E-state index contributed by atoms with van der Waals surface area (Å²) in [4.78, 5) is 12.0. The van der Waals surface area contributed by atoms with Crippen LogP contribution < -0.4 is 14.8 Å². The largest absolute Gasteiger partial charge is 0.454 e. The molecule has 0 aliphatic carbocycles. The van der Waals surface area contributed by atoms with Gasteiger partial charge in [-0.2, -0.15) is 0 Å². The molecule has 1 heterocycles. The monoisotopic (exact) mass is 209 g/mol. The van der Waals surface area contributed by atoms with E-state index in [1.54, 1.807) is 25.1 Å². The molecule has 0 amide bonds. The van der Waals surface area contributed by atoms with Crippen molar-refractivity contribution in [1.82, 2.24) is 5.32 Å². The van der Waals surface area contributed by atoms with Crippen LogP contribution in [0.2, 0.25) is 0 Å². The number of carbonyl (C=O) groups is 1. The molecule has 4 heteroatoms. The van der Waals surface area contributed by atoms with Crippen molar-refractivity contribution >= 4 is 5.78 Å². The first-order valence-electron chi connectivity index (χ1n) is 5.78. The minimum absolute atomic E-state index is 0.169. The van der Waals surface area contributed by atoms with Gasteiger partial charge in [0.1, 0.15) is 0 Å². The first-order valence-corrected chi connectivity index (χ1v) is 4.62. The summed E-state index contributed by atoms with van der Waals surface area (Å²) in [6.45, 7) is 0.577. The minimum Gasteiger partial charge on any atom is -0.454 e. The zero-order valence-electron chi connectivity index (χ0n) is 10.3. The molecule has 0 saturated carbocycles. The van der Waals surface area contributed by atoms with Crippen molar-refractivity contribution in [2.24, 2.45) is 0 Å². The minimum atomic E-state index is -1.22. The summed E-state index contributed by atoms with van der Waals surface area (Å²) in [5.41, 5.74) is 0.481. The second-order valence-electron chi connectivity index (χ2n) is 3.32. The van der Waals surface area contributed by atoms with Crippen LogP contribution in [0.4, 0.5) is 0 Å². The van der Waals surface area contributed by atoms with Gasteiger partial charge in [-0.15, -0.1) is 0 Å². The number of nitrogens with one attached hydrogen (secondary N) is 1. The lowest BCUT2D eigenvalue weighted by Crippen LogP contribution is -2.30. The van der Waals surface area contributed by atoms with Crippen LogP contribution in [0.15, 0.2) is 18.2 Å². The third kappa shape index (κ3) is 1.80. The Morgan fingerprint density at radius 1 is 1.53 bits per heavy atom. The zero-order valence-corrected chi connectivity index (χ0v) is 8.32. The molecule has 0 saturated heterocycles. The fourth-order valence-electron chi connectivity index (χ4n) is 1.38. The van der Waals surface area contributed by atoms with Crippen LogP contribution in [0, 0.1) is 0 Å². The van der Waals surface area contributed by atoms with Gasteiger partial charge in [-0.1, -0.05) is 0 Å². The Morgan fingerprint density at radius 2 is 2.33 bits per heavy atom. The topological polar surface area (TPSA) is 47.6 Å². The summed E-state index contributed by atoms with van der Waals surface area (Å²) in [6.07, 6.45) is 0. The van der Waals surface area contributed by atoms with Crippen LogP contribution in [-0.2, 0) is 0 Å². The highest BCUT2D eigenvalue weighted by Crippen LogP contribution is 2.32. The summed E-state index contributed by atoms with van der Waals surface area (Å²) in [5, 5.41) is 2.52. The van der Waals surface area contributed by atoms with Gasteiger partial charge in [-0.25, -0.2) is 0 Å². The normalized spacial score (nSPS) is 17.2. The van der Waals surface area contributed by atoms with Crippen molar-refractivity contribution < 1.29 is 17.0 Å². The molecule has 2 rings (SSSR count). The second kappa shape index (κ2) is 3.90. The number of rotatable bonds is 3. The molecule has 1 aliphatic heterocycles. The molecule has 1 N–H and O–H groups in total. The maximum Gasteiger partial charge on any atom is 0.231 e. The van der Waals surface area contributed by atoms with Crippen molar-refractivity contribution in [3.05, 3.63) is 23.8 Å². The maximum atomic E-state index is 12.0. The van der Waals surface area contributed by atoms with Crippen molar-refractivity contribution in [2.45, 2.75) is 13.0 Å². The second-order valence-corrected chi connectivity index (χ2v) is 3.32. The van der Waals surface area contributed by atoms with E-state index in [1.165, 1.54) is 0 Å². The maximum absolute atomic E-state index is 12.0. The molecule has 1 aromatic rings. The smallest absolute Gasteiger partial charge is 0.231 e. The highest BCUT2D eigenvalue weighted by atomic mass is 16.7. The van der Waals surface area contributed by atoms with E-state index in [0.29, 0.717) is 17.1 Å². The van der Waals surface area contributed by atoms with Crippen LogP contribution >= 0.6 is 0 Å². The number of ketones is 1. The average Bonchev–Trinajstić information content (AvgIpc) is 2.73. The van der Waals surface area contributed by atoms with E-state index in [0.717, 1.165) is 0 Å². The Balaban J connectivity index is 2.14. The number of hydrogen-bond acceptors (Lipinski definition) is 4. The number of likely N-dealkylation sites (N-methyl/N-ethyl adjacent to an activating group) is 1.